The Balaban J connectivity index is 2.41. The molecule has 2 rings (SSSR count). The summed E-state index contributed by atoms with van der Waals surface area (Å²) in [5.41, 5.74) is 1.55. The molecule has 0 atom stereocenters. The van der Waals surface area contributed by atoms with Crippen LogP contribution in [0.25, 0.3) is 6.08 Å². The number of carbonyl (C=O) groups excluding carboxylic acids is 1. The molecule has 78 valence electrons. The van der Waals surface area contributed by atoms with Gasteiger partial charge in [-0.2, -0.15) is 0 Å². The van der Waals surface area contributed by atoms with E-state index in [1.54, 1.807) is 0 Å². The molecule has 15 heavy (non-hydrogen) atoms. The van der Waals surface area contributed by atoms with Crippen molar-refractivity contribution in [2.24, 2.45) is 0 Å². The highest BCUT2D eigenvalue weighted by atomic mass is 16.5. The lowest BCUT2D eigenvalue weighted by molar-refractivity contribution is -0.105. The maximum Gasteiger partial charge on any atom is 0.168 e. The average Bonchev–Trinajstić information content (AvgIpc) is 2.29. The number of para-hydroxylation sites is 1. The molecule has 0 unspecified atom stereocenters. The zero-order chi connectivity index (χ0) is 10.7. The molecule has 0 amide bonds. The predicted molar refractivity (Wildman–Crippen MR) is 57.1 cm³/mol. The van der Waals surface area contributed by atoms with Gasteiger partial charge >= 0.3 is 0 Å². The van der Waals surface area contributed by atoms with E-state index < -0.39 is 0 Å². The van der Waals surface area contributed by atoms with E-state index in [-0.39, 0.29) is 0 Å². The van der Waals surface area contributed by atoms with Gasteiger partial charge in [-0.05, 0) is 19.1 Å². The van der Waals surface area contributed by atoms with Crippen molar-refractivity contribution in [2.45, 2.75) is 6.92 Å². The summed E-state index contributed by atoms with van der Waals surface area (Å²) < 4.78 is 10.9. The second-order valence-corrected chi connectivity index (χ2v) is 3.23. The summed E-state index contributed by atoms with van der Waals surface area (Å²) in [5.74, 6) is 1.46. The van der Waals surface area contributed by atoms with Gasteiger partial charge in [0.15, 0.2) is 11.5 Å². The number of carbonyl (C=O) groups is 1. The standard InChI is InChI=1S/C12H12O3/c1-2-14-11-5-3-4-10-6-9(7-13)8-15-12(10)11/h3-7H,2,8H2,1H3. The van der Waals surface area contributed by atoms with E-state index in [2.05, 4.69) is 0 Å². The molecule has 1 aliphatic heterocycles. The fourth-order valence-corrected chi connectivity index (χ4v) is 1.54. The summed E-state index contributed by atoms with van der Waals surface area (Å²) in [6.45, 7) is 2.85. The molecular weight excluding hydrogens is 192 g/mol. The van der Waals surface area contributed by atoms with Crippen LogP contribution in [-0.4, -0.2) is 19.5 Å². The van der Waals surface area contributed by atoms with Crippen molar-refractivity contribution < 1.29 is 14.3 Å². The van der Waals surface area contributed by atoms with Crippen molar-refractivity contribution in [1.82, 2.24) is 0 Å². The van der Waals surface area contributed by atoms with Gasteiger partial charge in [-0.25, -0.2) is 0 Å². The monoisotopic (exact) mass is 204 g/mol. The van der Waals surface area contributed by atoms with Gasteiger partial charge in [-0.15, -0.1) is 0 Å². The van der Waals surface area contributed by atoms with E-state index in [4.69, 9.17) is 9.47 Å². The second-order valence-electron chi connectivity index (χ2n) is 3.23. The van der Waals surface area contributed by atoms with Crippen molar-refractivity contribution in [1.29, 1.82) is 0 Å². The lowest BCUT2D eigenvalue weighted by Gasteiger charge is -2.18. The van der Waals surface area contributed by atoms with E-state index in [9.17, 15) is 4.79 Å². The number of benzene rings is 1. The van der Waals surface area contributed by atoms with E-state index in [0.717, 1.165) is 23.3 Å². The third-order valence-electron chi connectivity index (χ3n) is 2.18. The Morgan fingerprint density at radius 1 is 1.53 bits per heavy atom. The topological polar surface area (TPSA) is 35.5 Å². The molecule has 1 heterocycles. The van der Waals surface area contributed by atoms with Crippen LogP contribution >= 0.6 is 0 Å². The fraction of sp³-hybridized carbons (Fsp3) is 0.250. The van der Waals surface area contributed by atoms with Gasteiger partial charge in [0.2, 0.25) is 0 Å². The fourth-order valence-electron chi connectivity index (χ4n) is 1.54. The van der Waals surface area contributed by atoms with Crippen LogP contribution in [-0.2, 0) is 4.79 Å². The first-order valence-corrected chi connectivity index (χ1v) is 4.89. The van der Waals surface area contributed by atoms with E-state index >= 15 is 0 Å². The maximum atomic E-state index is 10.6. The minimum Gasteiger partial charge on any atom is -0.490 e. The highest BCUT2D eigenvalue weighted by molar-refractivity contribution is 5.84. The van der Waals surface area contributed by atoms with Crippen LogP contribution in [0.2, 0.25) is 0 Å². The largest absolute Gasteiger partial charge is 0.490 e. The summed E-state index contributed by atoms with van der Waals surface area (Å²) >= 11 is 0. The van der Waals surface area contributed by atoms with Crippen LogP contribution in [0.4, 0.5) is 0 Å². The highest BCUT2D eigenvalue weighted by Gasteiger charge is 2.15. The summed E-state index contributed by atoms with van der Waals surface area (Å²) in [4.78, 5) is 10.6. The van der Waals surface area contributed by atoms with Gasteiger partial charge in [-0.1, -0.05) is 12.1 Å². The Hall–Kier alpha value is -1.77. The van der Waals surface area contributed by atoms with Crippen LogP contribution in [0.5, 0.6) is 11.5 Å². The molecule has 3 heteroatoms. The average molecular weight is 204 g/mol. The van der Waals surface area contributed by atoms with Gasteiger partial charge in [0.25, 0.3) is 0 Å². The summed E-state index contributed by atoms with van der Waals surface area (Å²) in [5, 5.41) is 0. The summed E-state index contributed by atoms with van der Waals surface area (Å²) in [6.07, 6.45) is 2.64. The number of aldehydes is 1. The second kappa shape index (κ2) is 4.17. The molecule has 0 radical (unpaired) electrons. The molecule has 1 aromatic carbocycles. The van der Waals surface area contributed by atoms with Gasteiger partial charge in [-0.3, -0.25) is 4.79 Å². The Labute approximate surface area is 88.3 Å². The molecule has 0 spiro atoms. The molecule has 0 saturated heterocycles. The first-order chi connectivity index (χ1) is 7.35. The lowest BCUT2D eigenvalue weighted by Crippen LogP contribution is -2.09. The number of hydrogen-bond donors (Lipinski definition) is 0. The van der Waals surface area contributed by atoms with E-state index in [1.165, 1.54) is 0 Å². The van der Waals surface area contributed by atoms with Crippen molar-refractivity contribution in [3.05, 3.63) is 29.3 Å². The van der Waals surface area contributed by atoms with Gasteiger partial charge < -0.3 is 9.47 Å². The minimum atomic E-state index is 0.320. The maximum absolute atomic E-state index is 10.6. The zero-order valence-electron chi connectivity index (χ0n) is 8.53. The van der Waals surface area contributed by atoms with Crippen LogP contribution in [0, 0.1) is 0 Å². The SMILES string of the molecule is CCOc1cccc2c1OCC(C=O)=C2. The highest BCUT2D eigenvalue weighted by Crippen LogP contribution is 2.35. The lowest BCUT2D eigenvalue weighted by atomic mass is 10.1. The van der Waals surface area contributed by atoms with Gasteiger partial charge in [0.1, 0.15) is 12.9 Å². The number of rotatable bonds is 3. The molecule has 0 aromatic heterocycles. The molecular formula is C12H12O3. The molecule has 0 bridgehead atoms. The Kier molecular flexibility index (Phi) is 2.72. The molecule has 3 nitrogen and oxygen atoms in total. The molecule has 0 saturated carbocycles. The zero-order valence-corrected chi connectivity index (χ0v) is 8.53. The van der Waals surface area contributed by atoms with E-state index in [1.807, 2.05) is 31.2 Å². The van der Waals surface area contributed by atoms with Gasteiger partial charge in [0, 0.05) is 11.1 Å². The van der Waals surface area contributed by atoms with Crippen molar-refractivity contribution >= 4 is 12.4 Å². The van der Waals surface area contributed by atoms with E-state index in [0.29, 0.717) is 18.8 Å². The first kappa shape index (κ1) is 9.77. The van der Waals surface area contributed by atoms with Crippen LogP contribution in [0.15, 0.2) is 23.8 Å². The minimum absolute atomic E-state index is 0.320. The molecule has 0 fully saturated rings. The number of fused-ring (bicyclic) bond motifs is 1. The molecule has 1 aliphatic rings. The smallest absolute Gasteiger partial charge is 0.168 e. The molecule has 1 aromatic rings. The van der Waals surface area contributed by atoms with Gasteiger partial charge in [0.05, 0.1) is 6.61 Å². The normalized spacial score (nSPS) is 13.5. The Bertz CT molecular complexity index is 407. The Morgan fingerprint density at radius 2 is 2.40 bits per heavy atom. The predicted octanol–water partition coefficient (Wildman–Crippen LogP) is 2.06. The number of ether oxygens (including phenoxy) is 2. The van der Waals surface area contributed by atoms with Crippen molar-refractivity contribution in [3.8, 4) is 11.5 Å². The summed E-state index contributed by atoms with van der Waals surface area (Å²) in [6, 6.07) is 5.65. The van der Waals surface area contributed by atoms with Crippen LogP contribution in [0.1, 0.15) is 12.5 Å². The molecule has 0 aliphatic carbocycles. The number of hydrogen-bond acceptors (Lipinski definition) is 3. The molecule has 0 N–H and O–H groups in total. The van der Waals surface area contributed by atoms with Crippen molar-refractivity contribution in [2.75, 3.05) is 13.2 Å². The third kappa shape index (κ3) is 1.86. The Morgan fingerprint density at radius 3 is 3.13 bits per heavy atom. The van der Waals surface area contributed by atoms with Crippen LogP contribution in [0.3, 0.4) is 0 Å². The quantitative estimate of drug-likeness (QED) is 0.707. The van der Waals surface area contributed by atoms with Crippen molar-refractivity contribution in [3.63, 3.8) is 0 Å². The summed E-state index contributed by atoms with van der Waals surface area (Å²) in [7, 11) is 0. The third-order valence-corrected chi connectivity index (χ3v) is 2.18. The van der Waals surface area contributed by atoms with Crippen LogP contribution < -0.4 is 9.47 Å². The first-order valence-electron chi connectivity index (χ1n) is 4.89.